The summed E-state index contributed by atoms with van der Waals surface area (Å²) in [6.45, 7) is 0.330. The molecule has 0 aromatic heterocycles. The summed E-state index contributed by atoms with van der Waals surface area (Å²) in [6, 6.07) is 33.3. The van der Waals surface area contributed by atoms with Gasteiger partial charge in [-0.3, -0.25) is 0 Å². The predicted molar refractivity (Wildman–Crippen MR) is 131 cm³/mol. The van der Waals surface area contributed by atoms with Crippen molar-refractivity contribution in [3.05, 3.63) is 115 Å². The van der Waals surface area contributed by atoms with E-state index in [1.165, 1.54) is 40.5 Å². The second-order valence-electron chi connectivity index (χ2n) is 7.63. The van der Waals surface area contributed by atoms with Gasteiger partial charge in [-0.25, -0.2) is 0 Å². The summed E-state index contributed by atoms with van der Waals surface area (Å²) < 4.78 is 0. The first-order valence-electron chi connectivity index (χ1n) is 10.7. The van der Waals surface area contributed by atoms with Crippen LogP contribution in [0.25, 0.3) is 0 Å². The van der Waals surface area contributed by atoms with Crippen molar-refractivity contribution in [1.82, 2.24) is 0 Å². The van der Waals surface area contributed by atoms with Crippen LogP contribution in [0.2, 0.25) is 0 Å². The van der Waals surface area contributed by atoms with Crippen molar-refractivity contribution >= 4 is 28.1 Å². The number of hydrogen-bond acceptors (Lipinski definition) is 0. The van der Waals surface area contributed by atoms with Gasteiger partial charge in [-0.15, -0.1) is 0 Å². The van der Waals surface area contributed by atoms with Crippen LogP contribution in [0.4, 0.5) is 0 Å². The zero-order valence-corrected chi connectivity index (χ0v) is 18.0. The fourth-order valence-corrected chi connectivity index (χ4v) is 8.54. The van der Waals surface area contributed by atoms with Crippen LogP contribution in [0.3, 0.4) is 0 Å². The van der Waals surface area contributed by atoms with E-state index in [0.717, 1.165) is 0 Å². The van der Waals surface area contributed by atoms with Crippen LogP contribution < -0.4 is 15.9 Å². The Morgan fingerprint density at radius 2 is 1.03 bits per heavy atom. The van der Waals surface area contributed by atoms with Crippen LogP contribution in [-0.2, 0) is 0 Å². The van der Waals surface area contributed by atoms with E-state index in [2.05, 4.69) is 122 Å². The zero-order chi connectivity index (χ0) is 19.9. The lowest BCUT2D eigenvalue weighted by Gasteiger charge is -2.32. The minimum absolute atomic E-state index is 0.558. The van der Waals surface area contributed by atoms with E-state index in [4.69, 9.17) is 0 Å². The van der Waals surface area contributed by atoms with Gasteiger partial charge >= 0.3 is 0 Å². The summed E-state index contributed by atoms with van der Waals surface area (Å²) in [4.78, 5) is 0. The molecule has 0 radical (unpaired) electrons. The minimum Gasteiger partial charge on any atom is -0.0770 e. The standard InChI is InChI=1S/C28H29P/c1-2-3-13-24-20-22-28(23-21-24)29(25-14-7-4-8-15-25,26-16-9-5-10-17-26)27-18-11-6-12-19-27/h4-12,14-24H,2-3,13H2,1H3. The highest BCUT2D eigenvalue weighted by Gasteiger charge is 2.28. The highest BCUT2D eigenvalue weighted by molar-refractivity contribution is 7.95. The van der Waals surface area contributed by atoms with Gasteiger partial charge in [0.05, 0.1) is 0 Å². The second kappa shape index (κ2) is 9.29. The molecule has 0 bridgehead atoms. The van der Waals surface area contributed by atoms with Crippen molar-refractivity contribution in [2.24, 2.45) is 5.92 Å². The molecule has 0 saturated heterocycles. The molecule has 1 aliphatic carbocycles. The van der Waals surface area contributed by atoms with E-state index in [1.54, 1.807) is 0 Å². The molecule has 1 aliphatic rings. The van der Waals surface area contributed by atoms with E-state index in [1.807, 2.05) is 0 Å². The molecule has 0 N–H and O–H groups in total. The summed E-state index contributed by atoms with van der Waals surface area (Å²) in [7, 11) is 0. The maximum atomic E-state index is 2.43. The molecule has 0 atom stereocenters. The molecule has 0 heterocycles. The number of unbranched alkanes of at least 4 members (excludes halogenated alkanes) is 1. The first-order chi connectivity index (χ1) is 14.4. The van der Waals surface area contributed by atoms with Gasteiger partial charge in [-0.05, 0) is 40.4 Å². The van der Waals surface area contributed by atoms with Crippen LogP contribution in [-0.4, -0.2) is 5.29 Å². The molecule has 1 heteroatoms. The minimum atomic E-state index is -1.94. The third-order valence-corrected chi connectivity index (χ3v) is 10.0. The topological polar surface area (TPSA) is 0 Å². The lowest BCUT2D eigenvalue weighted by Crippen LogP contribution is -2.29. The molecule has 29 heavy (non-hydrogen) atoms. The predicted octanol–water partition coefficient (Wildman–Crippen LogP) is 6.09. The van der Waals surface area contributed by atoms with Gasteiger partial charge < -0.3 is 0 Å². The van der Waals surface area contributed by atoms with E-state index < -0.39 is 6.89 Å². The largest absolute Gasteiger partial charge is 0.0770 e. The molecular formula is C28H29P. The molecule has 0 unspecified atom stereocenters. The Balaban J connectivity index is 2.01. The fraction of sp³-hybridized carbons (Fsp3) is 0.179. The lowest BCUT2D eigenvalue weighted by atomic mass is 9.97. The molecule has 3 aromatic rings. The summed E-state index contributed by atoms with van der Waals surface area (Å²) in [5.41, 5.74) is 0. The van der Waals surface area contributed by atoms with Crippen molar-refractivity contribution in [3.63, 3.8) is 0 Å². The molecule has 146 valence electrons. The highest BCUT2D eigenvalue weighted by atomic mass is 31.2. The average Bonchev–Trinajstić information content (AvgIpc) is 2.81. The van der Waals surface area contributed by atoms with Gasteiger partial charge in [0, 0.05) is 0 Å². The molecule has 0 fully saturated rings. The van der Waals surface area contributed by atoms with E-state index >= 15 is 0 Å². The molecular weight excluding hydrogens is 367 g/mol. The molecule has 3 aromatic carbocycles. The Morgan fingerprint density at radius 1 is 0.621 bits per heavy atom. The maximum Gasteiger partial charge on any atom is -0.00468 e. The van der Waals surface area contributed by atoms with E-state index in [9.17, 15) is 0 Å². The number of benzene rings is 3. The molecule has 0 spiro atoms. The molecule has 0 saturated carbocycles. The number of allylic oxidation sites excluding steroid dienone is 4. The summed E-state index contributed by atoms with van der Waals surface area (Å²) >= 11 is 0. The van der Waals surface area contributed by atoms with Crippen molar-refractivity contribution in [2.45, 2.75) is 26.2 Å². The van der Waals surface area contributed by atoms with Crippen molar-refractivity contribution < 1.29 is 0 Å². The summed E-state index contributed by atoms with van der Waals surface area (Å²) in [6.07, 6.45) is 13.5. The SMILES string of the molecule is CCCCC1C=CC(=P(c2ccccc2)(c2ccccc2)c2ccccc2)C=C1. The van der Waals surface area contributed by atoms with Crippen LogP contribution >= 0.6 is 6.89 Å². The Bertz CT molecular complexity index is 908. The molecule has 0 nitrogen and oxygen atoms in total. The van der Waals surface area contributed by atoms with Crippen LogP contribution in [0.5, 0.6) is 0 Å². The van der Waals surface area contributed by atoms with Crippen molar-refractivity contribution in [1.29, 1.82) is 0 Å². The first-order valence-corrected chi connectivity index (χ1v) is 12.4. The Hall–Kier alpha value is -2.56. The van der Waals surface area contributed by atoms with Crippen LogP contribution in [0, 0.1) is 5.92 Å². The van der Waals surface area contributed by atoms with Crippen molar-refractivity contribution in [2.75, 3.05) is 0 Å². The smallest absolute Gasteiger partial charge is 0.00468 e. The van der Waals surface area contributed by atoms with Gasteiger partial charge in [0.1, 0.15) is 0 Å². The maximum absolute atomic E-state index is 2.43. The van der Waals surface area contributed by atoms with Gasteiger partial charge in [-0.2, -0.15) is 0 Å². The second-order valence-corrected chi connectivity index (χ2v) is 11.0. The Kier molecular flexibility index (Phi) is 6.33. The molecule has 4 rings (SSSR count). The summed E-state index contributed by atoms with van der Waals surface area (Å²) in [5.74, 6) is 0.558. The Morgan fingerprint density at radius 3 is 1.41 bits per heavy atom. The van der Waals surface area contributed by atoms with Gasteiger partial charge in [0.2, 0.25) is 0 Å². The first kappa shape index (κ1) is 19.7. The number of hydrogen-bond donors (Lipinski definition) is 0. The van der Waals surface area contributed by atoms with E-state index in [0.29, 0.717) is 5.92 Å². The van der Waals surface area contributed by atoms with Crippen molar-refractivity contribution in [3.8, 4) is 0 Å². The third kappa shape index (κ3) is 3.96. The molecule has 0 aliphatic heterocycles. The lowest BCUT2D eigenvalue weighted by molar-refractivity contribution is 0.642. The summed E-state index contributed by atoms with van der Waals surface area (Å²) in [5, 5.41) is 5.67. The zero-order valence-electron chi connectivity index (χ0n) is 17.1. The van der Waals surface area contributed by atoms with E-state index in [-0.39, 0.29) is 0 Å². The monoisotopic (exact) mass is 396 g/mol. The molecule has 0 amide bonds. The average molecular weight is 397 g/mol. The number of rotatable bonds is 6. The van der Waals surface area contributed by atoms with Gasteiger partial charge in [0.15, 0.2) is 0 Å². The third-order valence-electron chi connectivity index (χ3n) is 5.74. The fourth-order valence-electron chi connectivity index (χ4n) is 4.27. The Labute approximate surface area is 175 Å². The van der Waals surface area contributed by atoms with Crippen LogP contribution in [0.15, 0.2) is 115 Å². The quantitative estimate of drug-likeness (QED) is 0.443. The normalized spacial score (nSPS) is 14.3. The van der Waals surface area contributed by atoms with Crippen LogP contribution in [0.1, 0.15) is 26.2 Å². The van der Waals surface area contributed by atoms with Gasteiger partial charge in [0.25, 0.3) is 0 Å². The highest BCUT2D eigenvalue weighted by Crippen LogP contribution is 2.47. The van der Waals surface area contributed by atoms with Gasteiger partial charge in [-0.1, -0.05) is 135 Å².